The Bertz CT molecular complexity index is 554. The van der Waals surface area contributed by atoms with Crippen LogP contribution in [0.2, 0.25) is 0 Å². The molecule has 0 atom stereocenters. The van der Waals surface area contributed by atoms with Crippen LogP contribution in [0.4, 0.5) is 0 Å². The van der Waals surface area contributed by atoms with Crippen LogP contribution in [-0.2, 0) is 4.84 Å². The standard InChI is InChI=1S/C17H28N4O2/c1-17(2,3)14-6-10-21(11-7-14)9-4-12-23-19-13-15-5-8-18-16(22)20-15/h5,8,13-14H,4,6-7,9-12H2,1-3H3,(H,18,20,22)/b19-13+. The van der Waals surface area contributed by atoms with E-state index in [1.54, 1.807) is 6.07 Å². The van der Waals surface area contributed by atoms with Crippen LogP contribution in [0.5, 0.6) is 0 Å². The summed E-state index contributed by atoms with van der Waals surface area (Å²) in [5.41, 5.74) is 0.638. The zero-order valence-electron chi connectivity index (χ0n) is 14.4. The summed E-state index contributed by atoms with van der Waals surface area (Å²) < 4.78 is 0. The van der Waals surface area contributed by atoms with Crippen LogP contribution in [0.15, 0.2) is 22.2 Å². The van der Waals surface area contributed by atoms with Crippen LogP contribution in [0.25, 0.3) is 0 Å². The van der Waals surface area contributed by atoms with Crippen LogP contribution in [0.1, 0.15) is 45.7 Å². The van der Waals surface area contributed by atoms with Crippen LogP contribution in [-0.4, -0.2) is 47.3 Å². The number of oxime groups is 1. The van der Waals surface area contributed by atoms with Gasteiger partial charge >= 0.3 is 5.69 Å². The molecule has 23 heavy (non-hydrogen) atoms. The quantitative estimate of drug-likeness (QED) is 0.496. The monoisotopic (exact) mass is 320 g/mol. The molecule has 1 aromatic heterocycles. The molecule has 2 rings (SSSR count). The van der Waals surface area contributed by atoms with Crippen LogP contribution >= 0.6 is 0 Å². The highest BCUT2D eigenvalue weighted by molar-refractivity contribution is 5.75. The maximum atomic E-state index is 11.0. The lowest BCUT2D eigenvalue weighted by molar-refractivity contribution is 0.0936. The third-order valence-electron chi connectivity index (χ3n) is 4.49. The third-order valence-corrected chi connectivity index (χ3v) is 4.49. The van der Waals surface area contributed by atoms with E-state index in [9.17, 15) is 4.79 Å². The summed E-state index contributed by atoms with van der Waals surface area (Å²) in [7, 11) is 0. The lowest BCUT2D eigenvalue weighted by Gasteiger charge is -2.38. The Morgan fingerprint density at radius 3 is 2.83 bits per heavy atom. The molecule has 0 saturated carbocycles. The van der Waals surface area contributed by atoms with E-state index in [0.29, 0.717) is 17.7 Å². The maximum absolute atomic E-state index is 11.0. The second-order valence-corrected chi connectivity index (χ2v) is 7.23. The minimum Gasteiger partial charge on any atom is -0.396 e. The molecule has 128 valence electrons. The smallest absolute Gasteiger partial charge is 0.345 e. The number of aromatic amines is 1. The fourth-order valence-electron chi connectivity index (χ4n) is 2.98. The van der Waals surface area contributed by atoms with E-state index >= 15 is 0 Å². The molecule has 1 N–H and O–H groups in total. The Balaban J connectivity index is 1.59. The molecule has 0 radical (unpaired) electrons. The minimum atomic E-state index is -0.382. The van der Waals surface area contributed by atoms with Gasteiger partial charge in [-0.2, -0.15) is 0 Å². The molecule has 1 fully saturated rings. The van der Waals surface area contributed by atoms with Crippen molar-refractivity contribution in [3.05, 3.63) is 28.4 Å². The number of likely N-dealkylation sites (tertiary alicyclic amines) is 1. The van der Waals surface area contributed by atoms with Gasteiger partial charge in [-0.25, -0.2) is 9.78 Å². The van der Waals surface area contributed by atoms with Crippen molar-refractivity contribution in [3.8, 4) is 0 Å². The summed E-state index contributed by atoms with van der Waals surface area (Å²) in [6, 6.07) is 1.67. The van der Waals surface area contributed by atoms with E-state index in [0.717, 1.165) is 18.9 Å². The highest BCUT2D eigenvalue weighted by Gasteiger charge is 2.28. The van der Waals surface area contributed by atoms with Crippen molar-refractivity contribution >= 4 is 6.21 Å². The Kier molecular flexibility index (Phi) is 6.33. The fourth-order valence-corrected chi connectivity index (χ4v) is 2.98. The molecule has 0 aromatic carbocycles. The van der Waals surface area contributed by atoms with E-state index in [1.165, 1.54) is 38.3 Å². The Morgan fingerprint density at radius 2 is 2.17 bits per heavy atom. The number of nitrogens with one attached hydrogen (secondary N) is 1. The Labute approximate surface area is 137 Å². The first-order valence-electron chi connectivity index (χ1n) is 8.38. The van der Waals surface area contributed by atoms with Crippen LogP contribution in [0, 0.1) is 11.3 Å². The van der Waals surface area contributed by atoms with Crippen molar-refractivity contribution in [1.29, 1.82) is 0 Å². The summed E-state index contributed by atoms with van der Waals surface area (Å²) >= 11 is 0. The van der Waals surface area contributed by atoms with E-state index in [-0.39, 0.29) is 5.69 Å². The predicted molar refractivity (Wildman–Crippen MR) is 91.6 cm³/mol. The van der Waals surface area contributed by atoms with Crippen molar-refractivity contribution in [2.75, 3.05) is 26.2 Å². The topological polar surface area (TPSA) is 70.6 Å². The van der Waals surface area contributed by atoms with Crippen molar-refractivity contribution in [3.63, 3.8) is 0 Å². The third kappa shape index (κ3) is 6.14. The van der Waals surface area contributed by atoms with E-state index in [4.69, 9.17) is 4.84 Å². The normalized spacial score (nSPS) is 17.7. The molecule has 0 amide bonds. The van der Waals surface area contributed by atoms with Crippen molar-refractivity contribution in [1.82, 2.24) is 14.9 Å². The number of aromatic nitrogens is 2. The first-order chi connectivity index (χ1) is 10.9. The molecule has 6 nitrogen and oxygen atoms in total. The fraction of sp³-hybridized carbons (Fsp3) is 0.706. The second-order valence-electron chi connectivity index (χ2n) is 7.23. The number of hydrogen-bond acceptors (Lipinski definition) is 5. The average molecular weight is 320 g/mol. The van der Waals surface area contributed by atoms with Gasteiger partial charge in [-0.15, -0.1) is 0 Å². The highest BCUT2D eigenvalue weighted by Crippen LogP contribution is 2.34. The van der Waals surface area contributed by atoms with Crippen LogP contribution < -0.4 is 5.69 Å². The molecule has 1 aromatic rings. The van der Waals surface area contributed by atoms with Gasteiger partial charge in [0.15, 0.2) is 0 Å². The van der Waals surface area contributed by atoms with Gasteiger partial charge in [0.05, 0.1) is 11.9 Å². The second kappa shape index (κ2) is 8.24. The van der Waals surface area contributed by atoms with E-state index in [1.807, 2.05) is 0 Å². The van der Waals surface area contributed by atoms with Gasteiger partial charge < -0.3 is 14.7 Å². The molecule has 0 bridgehead atoms. The summed E-state index contributed by atoms with van der Waals surface area (Å²) in [5.74, 6) is 0.835. The maximum Gasteiger partial charge on any atom is 0.345 e. The van der Waals surface area contributed by atoms with Gasteiger partial charge in [-0.1, -0.05) is 25.9 Å². The molecule has 1 saturated heterocycles. The van der Waals surface area contributed by atoms with Gasteiger partial charge in [0.2, 0.25) is 0 Å². The summed E-state index contributed by atoms with van der Waals surface area (Å²) in [6.07, 6.45) is 6.49. The molecule has 2 heterocycles. The lowest BCUT2D eigenvalue weighted by atomic mass is 9.75. The van der Waals surface area contributed by atoms with Gasteiger partial charge in [-0.05, 0) is 49.8 Å². The molecule has 0 unspecified atom stereocenters. The van der Waals surface area contributed by atoms with Gasteiger partial charge in [-0.3, -0.25) is 0 Å². The number of nitrogens with zero attached hydrogens (tertiary/aromatic N) is 3. The van der Waals surface area contributed by atoms with Gasteiger partial charge in [0.25, 0.3) is 0 Å². The number of H-pyrrole nitrogens is 1. The Hall–Kier alpha value is -1.69. The van der Waals surface area contributed by atoms with Gasteiger partial charge in [0, 0.05) is 12.7 Å². The number of piperidine rings is 1. The highest BCUT2D eigenvalue weighted by atomic mass is 16.6. The summed E-state index contributed by atoms with van der Waals surface area (Å²) in [4.78, 5) is 24.9. The zero-order chi connectivity index (χ0) is 16.7. The summed E-state index contributed by atoms with van der Waals surface area (Å²) in [6.45, 7) is 11.0. The van der Waals surface area contributed by atoms with Crippen molar-refractivity contribution in [2.24, 2.45) is 16.5 Å². The molecule has 0 spiro atoms. The lowest BCUT2D eigenvalue weighted by Crippen LogP contribution is -2.38. The molecular weight excluding hydrogens is 292 g/mol. The molecular formula is C17H28N4O2. The SMILES string of the molecule is CC(C)(C)C1CCN(CCCO/N=C/c2ccnc(=O)[nH]2)CC1. The average Bonchev–Trinajstić information content (AvgIpc) is 2.50. The van der Waals surface area contributed by atoms with Crippen LogP contribution in [0.3, 0.4) is 0 Å². The molecule has 1 aliphatic heterocycles. The number of hydrogen-bond donors (Lipinski definition) is 1. The number of rotatable bonds is 6. The molecule has 0 aliphatic carbocycles. The van der Waals surface area contributed by atoms with Crippen molar-refractivity contribution < 1.29 is 4.84 Å². The van der Waals surface area contributed by atoms with E-state index in [2.05, 4.69) is 40.8 Å². The minimum absolute atomic E-state index is 0.382. The van der Waals surface area contributed by atoms with Gasteiger partial charge in [0.1, 0.15) is 6.61 Å². The summed E-state index contributed by atoms with van der Waals surface area (Å²) in [5, 5.41) is 3.87. The van der Waals surface area contributed by atoms with E-state index < -0.39 is 0 Å². The molecule has 6 heteroatoms. The zero-order valence-corrected chi connectivity index (χ0v) is 14.4. The first-order valence-corrected chi connectivity index (χ1v) is 8.38. The Morgan fingerprint density at radius 1 is 1.43 bits per heavy atom. The van der Waals surface area contributed by atoms with Crippen molar-refractivity contribution in [2.45, 2.75) is 40.0 Å². The molecule has 1 aliphatic rings. The largest absolute Gasteiger partial charge is 0.396 e. The predicted octanol–water partition coefficient (Wildman–Crippen LogP) is 2.27. The first kappa shape index (κ1) is 17.7.